The average Bonchev–Trinajstić information content (AvgIpc) is 2.67. The minimum atomic E-state index is -0.486. The Kier molecular flexibility index (Phi) is 3.32. The Morgan fingerprint density at radius 2 is 2.00 bits per heavy atom. The molecule has 2 aromatic rings. The van der Waals surface area contributed by atoms with Crippen molar-refractivity contribution in [2.24, 2.45) is 5.73 Å². The lowest BCUT2D eigenvalue weighted by Crippen LogP contribution is -2.19. The molecule has 0 aliphatic rings. The average molecular weight is 245 g/mol. The molecule has 0 spiro atoms. The number of carbonyl (C=O) groups is 1. The van der Waals surface area contributed by atoms with Crippen molar-refractivity contribution in [3.05, 3.63) is 35.7 Å². The molecular formula is C13H15N3O2. The van der Waals surface area contributed by atoms with Gasteiger partial charge in [-0.3, -0.25) is 9.89 Å². The van der Waals surface area contributed by atoms with Crippen LogP contribution in [0.15, 0.2) is 24.3 Å². The van der Waals surface area contributed by atoms with Gasteiger partial charge >= 0.3 is 0 Å². The van der Waals surface area contributed by atoms with E-state index in [-0.39, 0.29) is 6.61 Å². The van der Waals surface area contributed by atoms with Crippen molar-refractivity contribution in [3.63, 3.8) is 0 Å². The number of nitrogens with two attached hydrogens (primary N) is 1. The summed E-state index contributed by atoms with van der Waals surface area (Å²) < 4.78 is 5.20. The molecular weight excluding hydrogens is 230 g/mol. The number of aromatic nitrogens is 2. The van der Waals surface area contributed by atoms with Crippen LogP contribution in [0, 0.1) is 13.8 Å². The molecule has 0 saturated heterocycles. The first-order valence-electron chi connectivity index (χ1n) is 5.61. The van der Waals surface area contributed by atoms with Crippen LogP contribution in [0.2, 0.25) is 0 Å². The SMILES string of the molecule is Cc1n[nH]c(C)c1-c1ccc(OCC(N)=O)cc1. The van der Waals surface area contributed by atoms with E-state index in [4.69, 9.17) is 10.5 Å². The molecule has 5 nitrogen and oxygen atoms in total. The zero-order valence-electron chi connectivity index (χ0n) is 10.4. The quantitative estimate of drug-likeness (QED) is 0.857. The molecule has 0 aliphatic heterocycles. The van der Waals surface area contributed by atoms with E-state index in [1.165, 1.54) is 0 Å². The number of H-pyrrole nitrogens is 1. The summed E-state index contributed by atoms with van der Waals surface area (Å²) in [5.41, 5.74) is 9.15. The summed E-state index contributed by atoms with van der Waals surface area (Å²) in [5, 5.41) is 7.10. The highest BCUT2D eigenvalue weighted by atomic mass is 16.5. The molecule has 1 heterocycles. The normalized spacial score (nSPS) is 10.3. The smallest absolute Gasteiger partial charge is 0.255 e. The lowest BCUT2D eigenvalue weighted by Gasteiger charge is -2.05. The van der Waals surface area contributed by atoms with Gasteiger partial charge in [0, 0.05) is 11.3 Å². The predicted molar refractivity (Wildman–Crippen MR) is 68.2 cm³/mol. The lowest BCUT2D eigenvalue weighted by molar-refractivity contribution is -0.119. The van der Waals surface area contributed by atoms with E-state index >= 15 is 0 Å². The monoisotopic (exact) mass is 245 g/mol. The number of ether oxygens (including phenoxy) is 1. The van der Waals surface area contributed by atoms with Gasteiger partial charge < -0.3 is 10.5 Å². The van der Waals surface area contributed by atoms with Crippen molar-refractivity contribution in [1.29, 1.82) is 0 Å². The fourth-order valence-corrected chi connectivity index (χ4v) is 1.85. The highest BCUT2D eigenvalue weighted by molar-refractivity contribution is 5.75. The summed E-state index contributed by atoms with van der Waals surface area (Å²) in [6.07, 6.45) is 0. The lowest BCUT2D eigenvalue weighted by atomic mass is 10.0. The molecule has 0 radical (unpaired) electrons. The van der Waals surface area contributed by atoms with Gasteiger partial charge in [-0.15, -0.1) is 0 Å². The van der Waals surface area contributed by atoms with Crippen molar-refractivity contribution in [2.75, 3.05) is 6.61 Å². The number of aryl methyl sites for hydroxylation is 2. The second-order valence-electron chi connectivity index (χ2n) is 4.09. The second kappa shape index (κ2) is 4.91. The van der Waals surface area contributed by atoms with Crippen molar-refractivity contribution in [3.8, 4) is 16.9 Å². The number of rotatable bonds is 4. The Labute approximate surface area is 105 Å². The summed E-state index contributed by atoms with van der Waals surface area (Å²) >= 11 is 0. The third kappa shape index (κ3) is 2.51. The van der Waals surface area contributed by atoms with Crippen LogP contribution in [0.5, 0.6) is 5.75 Å². The van der Waals surface area contributed by atoms with Crippen LogP contribution in [0.4, 0.5) is 0 Å². The maximum absolute atomic E-state index is 10.6. The Morgan fingerprint density at radius 3 is 2.50 bits per heavy atom. The van der Waals surface area contributed by atoms with Gasteiger partial charge in [0.25, 0.3) is 5.91 Å². The van der Waals surface area contributed by atoms with Crippen LogP contribution in [0.3, 0.4) is 0 Å². The molecule has 1 aromatic carbocycles. The van der Waals surface area contributed by atoms with E-state index in [0.717, 1.165) is 22.5 Å². The molecule has 0 aliphatic carbocycles. The third-order valence-electron chi connectivity index (χ3n) is 2.65. The highest BCUT2D eigenvalue weighted by Crippen LogP contribution is 2.26. The van der Waals surface area contributed by atoms with E-state index < -0.39 is 5.91 Å². The molecule has 0 unspecified atom stereocenters. The number of nitrogens with one attached hydrogen (secondary N) is 1. The van der Waals surface area contributed by atoms with Gasteiger partial charge in [-0.05, 0) is 31.5 Å². The molecule has 3 N–H and O–H groups in total. The molecule has 5 heteroatoms. The largest absolute Gasteiger partial charge is 0.484 e. The Bertz CT molecular complexity index is 539. The number of hydrogen-bond acceptors (Lipinski definition) is 3. The maximum atomic E-state index is 10.6. The minimum Gasteiger partial charge on any atom is -0.484 e. The van der Waals surface area contributed by atoms with E-state index in [1.807, 2.05) is 38.1 Å². The van der Waals surface area contributed by atoms with Gasteiger partial charge in [-0.1, -0.05) is 12.1 Å². The van der Waals surface area contributed by atoms with Gasteiger partial charge in [-0.2, -0.15) is 5.10 Å². The number of amides is 1. The summed E-state index contributed by atoms with van der Waals surface area (Å²) in [7, 11) is 0. The van der Waals surface area contributed by atoms with Crippen LogP contribution in [0.1, 0.15) is 11.4 Å². The topological polar surface area (TPSA) is 81.0 Å². The second-order valence-corrected chi connectivity index (χ2v) is 4.09. The molecule has 18 heavy (non-hydrogen) atoms. The van der Waals surface area contributed by atoms with Crippen LogP contribution in [-0.2, 0) is 4.79 Å². The molecule has 94 valence electrons. The fraction of sp³-hybridized carbons (Fsp3) is 0.231. The van der Waals surface area contributed by atoms with Crippen LogP contribution in [-0.4, -0.2) is 22.7 Å². The molecule has 0 atom stereocenters. The fourth-order valence-electron chi connectivity index (χ4n) is 1.85. The van der Waals surface area contributed by atoms with Gasteiger partial charge in [0.2, 0.25) is 0 Å². The van der Waals surface area contributed by atoms with Crippen molar-refractivity contribution < 1.29 is 9.53 Å². The van der Waals surface area contributed by atoms with E-state index in [1.54, 1.807) is 0 Å². The highest BCUT2D eigenvalue weighted by Gasteiger charge is 2.08. The zero-order chi connectivity index (χ0) is 13.1. The first-order chi connectivity index (χ1) is 8.58. The summed E-state index contributed by atoms with van der Waals surface area (Å²) in [4.78, 5) is 10.6. The first-order valence-corrected chi connectivity index (χ1v) is 5.61. The Hall–Kier alpha value is -2.30. The molecule has 0 fully saturated rings. The number of nitrogens with zero attached hydrogens (tertiary/aromatic N) is 1. The van der Waals surface area contributed by atoms with E-state index in [2.05, 4.69) is 10.2 Å². The van der Waals surface area contributed by atoms with Crippen molar-refractivity contribution >= 4 is 5.91 Å². The van der Waals surface area contributed by atoms with Crippen LogP contribution in [0.25, 0.3) is 11.1 Å². The van der Waals surface area contributed by atoms with Crippen LogP contribution >= 0.6 is 0 Å². The first kappa shape index (κ1) is 12.2. The van der Waals surface area contributed by atoms with Crippen molar-refractivity contribution in [1.82, 2.24) is 10.2 Å². The van der Waals surface area contributed by atoms with Gasteiger partial charge in [0.1, 0.15) is 5.75 Å². The van der Waals surface area contributed by atoms with Crippen molar-refractivity contribution in [2.45, 2.75) is 13.8 Å². The third-order valence-corrected chi connectivity index (χ3v) is 2.65. The van der Waals surface area contributed by atoms with Gasteiger partial charge in [-0.25, -0.2) is 0 Å². The summed E-state index contributed by atoms with van der Waals surface area (Å²) in [6.45, 7) is 3.83. The number of aromatic amines is 1. The minimum absolute atomic E-state index is 0.108. The standard InChI is InChI=1S/C13H15N3O2/c1-8-13(9(2)16-15-8)10-3-5-11(6-4-10)18-7-12(14)17/h3-6H,7H2,1-2H3,(H2,14,17)(H,15,16). The Balaban J connectivity index is 2.20. The number of benzene rings is 1. The Morgan fingerprint density at radius 1 is 1.33 bits per heavy atom. The number of primary amides is 1. The van der Waals surface area contributed by atoms with E-state index in [9.17, 15) is 4.79 Å². The maximum Gasteiger partial charge on any atom is 0.255 e. The number of carbonyl (C=O) groups excluding carboxylic acids is 1. The molecule has 2 rings (SSSR count). The summed E-state index contributed by atoms with van der Waals surface area (Å²) in [6, 6.07) is 7.48. The molecule has 1 amide bonds. The van der Waals surface area contributed by atoms with E-state index in [0.29, 0.717) is 5.75 Å². The predicted octanol–water partition coefficient (Wildman–Crippen LogP) is 1.56. The summed E-state index contributed by atoms with van der Waals surface area (Å²) in [5.74, 6) is 0.136. The van der Waals surface area contributed by atoms with Gasteiger partial charge in [0.05, 0.1) is 5.69 Å². The molecule has 0 saturated carbocycles. The molecule has 0 bridgehead atoms. The van der Waals surface area contributed by atoms with Gasteiger partial charge in [0.15, 0.2) is 6.61 Å². The van der Waals surface area contributed by atoms with Crippen LogP contribution < -0.4 is 10.5 Å². The number of hydrogen-bond donors (Lipinski definition) is 2. The zero-order valence-corrected chi connectivity index (χ0v) is 10.4. The molecule has 1 aromatic heterocycles.